The number of halogens is 3. The highest BCUT2D eigenvalue weighted by molar-refractivity contribution is 5.79. The quantitative estimate of drug-likeness (QED) is 0.905. The number of nitrogens with one attached hydrogen (secondary N) is 1. The summed E-state index contributed by atoms with van der Waals surface area (Å²) in [5.41, 5.74) is -0.285. The smallest absolute Gasteiger partial charge is 0.369 e. The Morgan fingerprint density at radius 3 is 2.75 bits per heavy atom. The fourth-order valence-electron chi connectivity index (χ4n) is 2.37. The molecule has 0 aliphatic carbocycles. The van der Waals surface area contributed by atoms with Crippen LogP contribution in [0.2, 0.25) is 0 Å². The molecule has 1 amide bonds. The number of amides is 1. The largest absolute Gasteiger partial charge is 0.433 e. The first kappa shape index (κ1) is 14.6. The van der Waals surface area contributed by atoms with E-state index >= 15 is 0 Å². The molecule has 1 fully saturated rings. The van der Waals surface area contributed by atoms with Crippen molar-refractivity contribution in [2.24, 2.45) is 5.92 Å². The summed E-state index contributed by atoms with van der Waals surface area (Å²) in [6.07, 6.45) is -1.58. The van der Waals surface area contributed by atoms with Gasteiger partial charge < -0.3 is 10.2 Å². The minimum Gasteiger partial charge on any atom is -0.369 e. The zero-order valence-corrected chi connectivity index (χ0v) is 11.1. The summed E-state index contributed by atoms with van der Waals surface area (Å²) >= 11 is 0. The first-order chi connectivity index (χ1) is 9.41. The molecule has 2 heterocycles. The number of aromatic nitrogens is 1. The van der Waals surface area contributed by atoms with Gasteiger partial charge in [-0.2, -0.15) is 13.2 Å². The third-order valence-electron chi connectivity index (χ3n) is 3.44. The van der Waals surface area contributed by atoms with E-state index in [-0.39, 0.29) is 11.8 Å². The van der Waals surface area contributed by atoms with E-state index in [1.54, 1.807) is 7.05 Å². The Balaban J connectivity index is 2.09. The number of alkyl halides is 3. The molecule has 1 unspecified atom stereocenters. The molecule has 0 radical (unpaired) electrons. The second-order valence-electron chi connectivity index (χ2n) is 4.80. The van der Waals surface area contributed by atoms with Crippen LogP contribution < -0.4 is 10.2 Å². The van der Waals surface area contributed by atoms with Crippen LogP contribution in [0.4, 0.5) is 18.9 Å². The lowest BCUT2D eigenvalue weighted by molar-refractivity contribution is -0.141. The summed E-state index contributed by atoms with van der Waals surface area (Å²) in [6, 6.07) is 2.38. The first-order valence-corrected chi connectivity index (χ1v) is 6.41. The zero-order valence-electron chi connectivity index (χ0n) is 11.1. The molecular formula is C13H16F3N3O. The van der Waals surface area contributed by atoms with Gasteiger partial charge in [0.05, 0.1) is 17.8 Å². The fraction of sp³-hybridized carbons (Fsp3) is 0.538. The lowest BCUT2D eigenvalue weighted by Crippen LogP contribution is -2.42. The van der Waals surface area contributed by atoms with Crippen molar-refractivity contribution < 1.29 is 18.0 Å². The molecule has 2 rings (SSSR count). The molecule has 0 bridgehead atoms. The van der Waals surface area contributed by atoms with Crippen molar-refractivity contribution >= 4 is 11.6 Å². The molecule has 0 spiro atoms. The Hall–Kier alpha value is -1.79. The molecule has 1 aromatic rings. The average molecular weight is 287 g/mol. The highest BCUT2D eigenvalue weighted by Gasteiger charge is 2.32. The highest BCUT2D eigenvalue weighted by Crippen LogP contribution is 2.29. The lowest BCUT2D eigenvalue weighted by Gasteiger charge is -2.33. The number of rotatable bonds is 2. The van der Waals surface area contributed by atoms with Gasteiger partial charge >= 0.3 is 6.18 Å². The van der Waals surface area contributed by atoms with Crippen molar-refractivity contribution in [3.63, 3.8) is 0 Å². The molecule has 7 heteroatoms. The van der Waals surface area contributed by atoms with Crippen LogP contribution >= 0.6 is 0 Å². The summed E-state index contributed by atoms with van der Waals surface area (Å²) < 4.78 is 37.3. The number of hydrogen-bond donors (Lipinski definition) is 1. The molecule has 20 heavy (non-hydrogen) atoms. The second kappa shape index (κ2) is 5.68. The lowest BCUT2D eigenvalue weighted by atomic mass is 9.97. The van der Waals surface area contributed by atoms with Crippen LogP contribution in [-0.2, 0) is 11.0 Å². The van der Waals surface area contributed by atoms with Crippen molar-refractivity contribution in [2.75, 3.05) is 25.0 Å². The van der Waals surface area contributed by atoms with E-state index in [2.05, 4.69) is 10.3 Å². The molecule has 1 aliphatic heterocycles. The molecule has 0 saturated carbocycles. The predicted octanol–water partition coefficient (Wildman–Crippen LogP) is 2.06. The van der Waals surface area contributed by atoms with Gasteiger partial charge in [-0.3, -0.25) is 4.79 Å². The zero-order chi connectivity index (χ0) is 14.8. The van der Waals surface area contributed by atoms with Gasteiger partial charge in [0.1, 0.15) is 5.69 Å². The van der Waals surface area contributed by atoms with Gasteiger partial charge in [0.25, 0.3) is 0 Å². The third-order valence-corrected chi connectivity index (χ3v) is 3.44. The summed E-state index contributed by atoms with van der Waals surface area (Å²) in [7, 11) is 1.58. The Morgan fingerprint density at radius 2 is 2.20 bits per heavy atom. The molecule has 1 aromatic heterocycles. The standard InChI is InChI=1S/C13H16F3N3O/c1-17-12(20)9-3-2-6-19(8-9)10-4-5-11(18-7-10)13(14,15)16/h4-5,7,9H,2-3,6,8H2,1H3,(H,17,20). The number of hydrogen-bond acceptors (Lipinski definition) is 3. The van der Waals surface area contributed by atoms with Gasteiger partial charge in [-0.25, -0.2) is 4.98 Å². The first-order valence-electron chi connectivity index (χ1n) is 6.41. The van der Waals surface area contributed by atoms with Gasteiger partial charge in [-0.05, 0) is 25.0 Å². The van der Waals surface area contributed by atoms with E-state index in [9.17, 15) is 18.0 Å². The Kier molecular flexibility index (Phi) is 4.15. The van der Waals surface area contributed by atoms with Crippen LogP contribution in [0.25, 0.3) is 0 Å². The van der Waals surface area contributed by atoms with E-state index in [1.165, 1.54) is 12.3 Å². The molecule has 4 nitrogen and oxygen atoms in total. The number of pyridine rings is 1. The van der Waals surface area contributed by atoms with Crippen molar-refractivity contribution in [1.29, 1.82) is 0 Å². The maximum Gasteiger partial charge on any atom is 0.433 e. The SMILES string of the molecule is CNC(=O)C1CCCN(c2ccc(C(F)(F)F)nc2)C1. The highest BCUT2D eigenvalue weighted by atomic mass is 19.4. The van der Waals surface area contributed by atoms with E-state index in [1.807, 2.05) is 4.90 Å². The van der Waals surface area contributed by atoms with Crippen molar-refractivity contribution in [1.82, 2.24) is 10.3 Å². The predicted molar refractivity (Wildman–Crippen MR) is 68.2 cm³/mol. The number of carbonyl (C=O) groups excluding carboxylic acids is 1. The Morgan fingerprint density at radius 1 is 1.45 bits per heavy atom. The number of anilines is 1. The van der Waals surface area contributed by atoms with Crippen LogP contribution in [-0.4, -0.2) is 31.0 Å². The van der Waals surface area contributed by atoms with Crippen LogP contribution in [0.5, 0.6) is 0 Å². The third kappa shape index (κ3) is 3.20. The van der Waals surface area contributed by atoms with E-state index < -0.39 is 11.9 Å². The molecule has 1 aliphatic rings. The van der Waals surface area contributed by atoms with Gasteiger partial charge in [0, 0.05) is 20.1 Å². The minimum atomic E-state index is -4.43. The maximum atomic E-state index is 12.4. The molecule has 1 atom stereocenters. The maximum absolute atomic E-state index is 12.4. The van der Waals surface area contributed by atoms with E-state index in [0.29, 0.717) is 12.2 Å². The molecular weight excluding hydrogens is 271 g/mol. The van der Waals surface area contributed by atoms with Crippen molar-refractivity contribution in [3.05, 3.63) is 24.0 Å². The molecule has 110 valence electrons. The van der Waals surface area contributed by atoms with Crippen molar-refractivity contribution in [3.8, 4) is 0 Å². The monoisotopic (exact) mass is 287 g/mol. The molecule has 1 saturated heterocycles. The molecule has 1 N–H and O–H groups in total. The van der Waals surface area contributed by atoms with Gasteiger partial charge in [-0.1, -0.05) is 0 Å². The fourth-order valence-corrected chi connectivity index (χ4v) is 2.37. The van der Waals surface area contributed by atoms with Crippen LogP contribution in [0.3, 0.4) is 0 Å². The summed E-state index contributed by atoms with van der Waals surface area (Å²) in [6.45, 7) is 1.23. The van der Waals surface area contributed by atoms with Gasteiger partial charge in [0.2, 0.25) is 5.91 Å². The van der Waals surface area contributed by atoms with Gasteiger partial charge in [0.15, 0.2) is 0 Å². The second-order valence-corrected chi connectivity index (χ2v) is 4.80. The Labute approximate surface area is 115 Å². The summed E-state index contributed by atoms with van der Waals surface area (Å²) in [5, 5.41) is 2.61. The summed E-state index contributed by atoms with van der Waals surface area (Å²) in [5.74, 6) is -0.161. The number of nitrogens with zero attached hydrogens (tertiary/aromatic N) is 2. The van der Waals surface area contributed by atoms with E-state index in [4.69, 9.17) is 0 Å². The van der Waals surface area contributed by atoms with Crippen LogP contribution in [0, 0.1) is 5.92 Å². The van der Waals surface area contributed by atoms with Crippen LogP contribution in [0.1, 0.15) is 18.5 Å². The molecule has 0 aromatic carbocycles. The summed E-state index contributed by atoms with van der Waals surface area (Å²) in [4.78, 5) is 17.0. The van der Waals surface area contributed by atoms with Crippen molar-refractivity contribution in [2.45, 2.75) is 19.0 Å². The minimum absolute atomic E-state index is 0.0328. The van der Waals surface area contributed by atoms with Gasteiger partial charge in [-0.15, -0.1) is 0 Å². The normalized spacial score (nSPS) is 19.8. The Bertz CT molecular complexity index is 473. The average Bonchev–Trinajstić information content (AvgIpc) is 2.46. The van der Waals surface area contributed by atoms with Crippen LogP contribution in [0.15, 0.2) is 18.3 Å². The van der Waals surface area contributed by atoms with E-state index in [0.717, 1.165) is 25.5 Å². The number of carbonyl (C=O) groups is 1. The topological polar surface area (TPSA) is 45.2 Å². The number of piperidine rings is 1.